The third kappa shape index (κ3) is 2.90. The van der Waals surface area contributed by atoms with E-state index < -0.39 is 11.6 Å². The first-order valence-electron chi connectivity index (χ1n) is 7.12. The molecule has 20 heavy (non-hydrogen) atoms. The Bertz CT molecular complexity index is 475. The van der Waals surface area contributed by atoms with Crippen LogP contribution in [0.15, 0.2) is 16.6 Å². The van der Waals surface area contributed by atoms with Crippen LogP contribution in [0, 0.1) is 11.6 Å². The second-order valence-corrected chi connectivity index (χ2v) is 6.21. The van der Waals surface area contributed by atoms with E-state index >= 15 is 0 Å². The van der Waals surface area contributed by atoms with Gasteiger partial charge in [0.1, 0.15) is 11.6 Å². The van der Waals surface area contributed by atoms with Crippen molar-refractivity contribution in [2.45, 2.75) is 38.8 Å². The average molecular weight is 347 g/mol. The van der Waals surface area contributed by atoms with Gasteiger partial charge in [0.25, 0.3) is 0 Å². The molecular formula is C15H21BrF2N2. The fraction of sp³-hybridized carbons (Fsp3) is 0.600. The van der Waals surface area contributed by atoms with Crippen molar-refractivity contribution < 1.29 is 8.78 Å². The molecule has 1 aliphatic heterocycles. The Morgan fingerprint density at radius 3 is 2.65 bits per heavy atom. The summed E-state index contributed by atoms with van der Waals surface area (Å²) in [5.41, 5.74) is 0.145. The minimum absolute atomic E-state index is 0.0144. The Labute approximate surface area is 127 Å². The number of nitrogens with one attached hydrogen (secondary N) is 1. The van der Waals surface area contributed by atoms with Gasteiger partial charge in [-0.3, -0.25) is 4.90 Å². The Morgan fingerprint density at radius 1 is 1.30 bits per heavy atom. The third-order valence-corrected chi connectivity index (χ3v) is 5.10. The van der Waals surface area contributed by atoms with Gasteiger partial charge in [0.15, 0.2) is 0 Å². The quantitative estimate of drug-likeness (QED) is 0.836. The number of piperazine rings is 1. The summed E-state index contributed by atoms with van der Waals surface area (Å²) in [6.45, 7) is 7.14. The molecule has 1 heterocycles. The van der Waals surface area contributed by atoms with E-state index in [1.807, 2.05) is 0 Å². The molecule has 0 atom stereocenters. The van der Waals surface area contributed by atoms with Crippen LogP contribution in [0.1, 0.15) is 32.3 Å². The molecule has 2 nitrogen and oxygen atoms in total. The van der Waals surface area contributed by atoms with Crippen molar-refractivity contribution in [2.24, 2.45) is 0 Å². The third-order valence-electron chi connectivity index (χ3n) is 4.49. The Morgan fingerprint density at radius 2 is 2.00 bits per heavy atom. The highest BCUT2D eigenvalue weighted by Gasteiger charge is 2.36. The molecule has 112 valence electrons. The number of hydrogen-bond donors (Lipinski definition) is 1. The molecular weight excluding hydrogens is 326 g/mol. The predicted molar refractivity (Wildman–Crippen MR) is 80.7 cm³/mol. The number of halogens is 3. The maximum Gasteiger partial charge on any atom is 0.144 e. The molecule has 2 rings (SSSR count). The van der Waals surface area contributed by atoms with Gasteiger partial charge in [0.2, 0.25) is 0 Å². The molecule has 1 N–H and O–H groups in total. The van der Waals surface area contributed by atoms with Crippen LogP contribution in [0.4, 0.5) is 8.78 Å². The molecule has 0 radical (unpaired) electrons. The van der Waals surface area contributed by atoms with E-state index in [1.165, 1.54) is 12.1 Å². The van der Waals surface area contributed by atoms with Crippen molar-refractivity contribution in [1.82, 2.24) is 10.2 Å². The first-order chi connectivity index (χ1) is 9.54. The van der Waals surface area contributed by atoms with E-state index in [1.54, 1.807) is 0 Å². The first-order valence-corrected chi connectivity index (χ1v) is 7.91. The van der Waals surface area contributed by atoms with Crippen LogP contribution in [0.25, 0.3) is 0 Å². The van der Waals surface area contributed by atoms with E-state index in [0.29, 0.717) is 11.0 Å². The van der Waals surface area contributed by atoms with Crippen LogP contribution in [0.2, 0.25) is 0 Å². The van der Waals surface area contributed by atoms with E-state index in [4.69, 9.17) is 0 Å². The lowest BCUT2D eigenvalue weighted by molar-refractivity contribution is 0.0428. The molecule has 1 saturated heterocycles. The van der Waals surface area contributed by atoms with Crippen LogP contribution >= 0.6 is 15.9 Å². The minimum atomic E-state index is -0.482. The Hall–Kier alpha value is -0.520. The summed E-state index contributed by atoms with van der Waals surface area (Å²) in [6.07, 6.45) is 1.93. The average Bonchev–Trinajstić information content (AvgIpc) is 2.48. The zero-order valence-electron chi connectivity index (χ0n) is 12.0. The summed E-state index contributed by atoms with van der Waals surface area (Å²) >= 11 is 3.14. The molecule has 1 aliphatic rings. The SMILES string of the molecule is CCC1(CC)CNCCN1Cc1c(F)ccc(Br)c1F. The van der Waals surface area contributed by atoms with Crippen LogP contribution in [0.3, 0.4) is 0 Å². The number of hydrogen-bond acceptors (Lipinski definition) is 2. The molecule has 1 aromatic carbocycles. The first kappa shape index (κ1) is 15.9. The lowest BCUT2D eigenvalue weighted by Gasteiger charge is -2.47. The van der Waals surface area contributed by atoms with E-state index in [0.717, 1.165) is 32.5 Å². The molecule has 0 aromatic heterocycles. The highest BCUT2D eigenvalue weighted by Crippen LogP contribution is 2.30. The van der Waals surface area contributed by atoms with Crippen molar-refractivity contribution >= 4 is 15.9 Å². The van der Waals surface area contributed by atoms with Crippen LogP contribution in [-0.2, 0) is 6.54 Å². The van der Waals surface area contributed by atoms with Gasteiger partial charge in [0, 0.05) is 37.3 Å². The Kier molecular flexibility index (Phi) is 5.15. The summed E-state index contributed by atoms with van der Waals surface area (Å²) in [6, 6.07) is 2.74. The zero-order chi connectivity index (χ0) is 14.8. The van der Waals surface area contributed by atoms with Gasteiger partial charge in [0.05, 0.1) is 4.47 Å². The second kappa shape index (κ2) is 6.50. The normalized spacial score (nSPS) is 19.2. The van der Waals surface area contributed by atoms with Crippen molar-refractivity contribution in [3.63, 3.8) is 0 Å². The van der Waals surface area contributed by atoms with Gasteiger partial charge >= 0.3 is 0 Å². The second-order valence-electron chi connectivity index (χ2n) is 5.35. The number of nitrogens with zero attached hydrogens (tertiary/aromatic N) is 1. The van der Waals surface area contributed by atoms with Gasteiger partial charge in [-0.1, -0.05) is 13.8 Å². The van der Waals surface area contributed by atoms with Crippen LogP contribution in [-0.4, -0.2) is 30.1 Å². The highest BCUT2D eigenvalue weighted by atomic mass is 79.9. The standard InChI is InChI=1S/C15H21BrF2N2/c1-3-15(4-2)10-19-7-8-20(15)9-11-13(17)6-5-12(16)14(11)18/h5-6,19H,3-4,7-10H2,1-2H3. The van der Waals surface area contributed by atoms with E-state index in [-0.39, 0.29) is 11.1 Å². The molecule has 0 amide bonds. The molecule has 0 bridgehead atoms. The summed E-state index contributed by atoms with van der Waals surface area (Å²) in [7, 11) is 0. The zero-order valence-corrected chi connectivity index (χ0v) is 13.6. The minimum Gasteiger partial charge on any atom is -0.314 e. The van der Waals surface area contributed by atoms with Crippen molar-refractivity contribution in [3.8, 4) is 0 Å². The summed E-state index contributed by atoms with van der Waals surface area (Å²) in [5.74, 6) is -0.949. The molecule has 0 aliphatic carbocycles. The largest absolute Gasteiger partial charge is 0.314 e. The molecule has 1 fully saturated rings. The summed E-state index contributed by atoms with van der Waals surface area (Å²) < 4.78 is 28.4. The molecule has 5 heteroatoms. The van der Waals surface area contributed by atoms with Crippen molar-refractivity contribution in [2.75, 3.05) is 19.6 Å². The highest BCUT2D eigenvalue weighted by molar-refractivity contribution is 9.10. The lowest BCUT2D eigenvalue weighted by Crippen LogP contribution is -2.60. The van der Waals surface area contributed by atoms with Crippen LogP contribution in [0.5, 0.6) is 0 Å². The molecule has 0 spiro atoms. The maximum atomic E-state index is 14.1. The smallest absolute Gasteiger partial charge is 0.144 e. The number of benzene rings is 1. The fourth-order valence-electron chi connectivity index (χ4n) is 2.98. The Balaban J connectivity index is 2.30. The predicted octanol–water partition coefficient (Wildman–Crippen LogP) is 3.69. The monoisotopic (exact) mass is 346 g/mol. The van der Waals surface area contributed by atoms with Crippen LogP contribution < -0.4 is 5.32 Å². The van der Waals surface area contributed by atoms with Gasteiger partial charge in [-0.25, -0.2) is 8.78 Å². The number of rotatable bonds is 4. The maximum absolute atomic E-state index is 14.1. The fourth-order valence-corrected chi connectivity index (χ4v) is 3.35. The topological polar surface area (TPSA) is 15.3 Å². The molecule has 0 unspecified atom stereocenters. The van der Waals surface area contributed by atoms with Gasteiger partial charge in [-0.2, -0.15) is 0 Å². The van der Waals surface area contributed by atoms with Crippen molar-refractivity contribution in [3.05, 3.63) is 33.8 Å². The van der Waals surface area contributed by atoms with Gasteiger partial charge < -0.3 is 5.32 Å². The van der Waals surface area contributed by atoms with E-state index in [9.17, 15) is 8.78 Å². The molecule has 0 saturated carbocycles. The van der Waals surface area contributed by atoms with Gasteiger partial charge in [-0.15, -0.1) is 0 Å². The summed E-state index contributed by atoms with van der Waals surface area (Å²) in [4.78, 5) is 2.22. The molecule has 1 aromatic rings. The lowest BCUT2D eigenvalue weighted by atomic mass is 9.88. The van der Waals surface area contributed by atoms with Crippen molar-refractivity contribution in [1.29, 1.82) is 0 Å². The van der Waals surface area contributed by atoms with E-state index in [2.05, 4.69) is 40.0 Å². The van der Waals surface area contributed by atoms with Gasteiger partial charge in [-0.05, 0) is 40.9 Å². The summed E-state index contributed by atoms with van der Waals surface area (Å²) in [5, 5.41) is 3.40.